The van der Waals surface area contributed by atoms with Gasteiger partial charge in [0, 0.05) is 0 Å². The Morgan fingerprint density at radius 2 is 1.79 bits per heavy atom. The molecule has 1 N–H and O–H groups in total. The van der Waals surface area contributed by atoms with Crippen molar-refractivity contribution in [1.29, 1.82) is 5.26 Å². The van der Waals surface area contributed by atoms with E-state index in [0.29, 0.717) is 12.8 Å². The van der Waals surface area contributed by atoms with E-state index in [1.54, 1.807) is 18.2 Å². The van der Waals surface area contributed by atoms with Crippen LogP contribution in [0.5, 0.6) is 0 Å². The molecule has 0 saturated heterocycles. The molecule has 2 fully saturated rings. The fourth-order valence-electron chi connectivity index (χ4n) is 4.59. The molecule has 2 saturated carbocycles. The lowest BCUT2D eigenvalue weighted by Crippen LogP contribution is -2.44. The van der Waals surface area contributed by atoms with Crippen molar-refractivity contribution in [2.75, 3.05) is 0 Å². The minimum atomic E-state index is -3.79. The molecule has 0 bridgehead atoms. The molecule has 0 aliphatic heterocycles. The average Bonchev–Trinajstić information content (AvgIpc) is 3.43. The SMILES string of the molecule is Cc1ccc(C(C)(C)O[C@H]2C[C@@H](S(=O)(=O)c3ccccc3Cl)C[C@@H]2C(=O)NC2(C#N)CC2)cc1. The number of carbonyl (C=O) groups is 1. The van der Waals surface area contributed by atoms with Crippen LogP contribution in [0.4, 0.5) is 0 Å². The number of nitrogens with one attached hydrogen (secondary N) is 1. The highest BCUT2D eigenvalue weighted by molar-refractivity contribution is 7.92. The third-order valence-corrected chi connectivity index (χ3v) is 9.57. The predicted molar refractivity (Wildman–Crippen MR) is 130 cm³/mol. The molecule has 2 aromatic rings. The molecule has 2 aliphatic carbocycles. The fraction of sp³-hybridized carbons (Fsp3) is 0.462. The van der Waals surface area contributed by atoms with Crippen molar-refractivity contribution < 1.29 is 17.9 Å². The highest BCUT2D eigenvalue weighted by atomic mass is 35.5. The number of benzene rings is 2. The lowest BCUT2D eigenvalue weighted by Gasteiger charge is -2.32. The first-order chi connectivity index (χ1) is 16.0. The lowest BCUT2D eigenvalue weighted by atomic mass is 9.95. The molecular formula is C26H29ClN2O4S. The summed E-state index contributed by atoms with van der Waals surface area (Å²) in [7, 11) is -3.79. The van der Waals surface area contributed by atoms with Gasteiger partial charge in [0.1, 0.15) is 5.54 Å². The van der Waals surface area contributed by atoms with E-state index >= 15 is 0 Å². The second-order valence-corrected chi connectivity index (χ2v) is 12.5. The molecule has 180 valence electrons. The standard InChI is InChI=1S/C26H29ClN2O4S/c1-17-8-10-18(11-9-17)25(2,3)33-22-15-19(34(31,32)23-7-5-4-6-21(23)27)14-20(22)24(30)29-26(16-28)12-13-26/h4-11,19-20,22H,12-15H2,1-3H3,(H,29,30)/t19-,20-,22-/m0/s1. The molecule has 0 heterocycles. The summed E-state index contributed by atoms with van der Waals surface area (Å²) in [6.45, 7) is 5.84. The van der Waals surface area contributed by atoms with Gasteiger partial charge in [-0.25, -0.2) is 8.42 Å². The first kappa shape index (κ1) is 24.7. The Morgan fingerprint density at radius 3 is 2.38 bits per heavy atom. The highest BCUT2D eigenvalue weighted by Crippen LogP contribution is 2.42. The summed E-state index contributed by atoms with van der Waals surface area (Å²) in [5.74, 6) is -1.03. The number of halogens is 1. The van der Waals surface area contributed by atoms with Gasteiger partial charge in [-0.05, 0) is 64.2 Å². The first-order valence-electron chi connectivity index (χ1n) is 11.4. The molecular weight excluding hydrogens is 472 g/mol. The monoisotopic (exact) mass is 500 g/mol. The van der Waals surface area contributed by atoms with Crippen LogP contribution in [0.1, 0.15) is 50.7 Å². The highest BCUT2D eigenvalue weighted by Gasteiger charge is 2.51. The van der Waals surface area contributed by atoms with E-state index in [-0.39, 0.29) is 28.7 Å². The topological polar surface area (TPSA) is 96.3 Å². The van der Waals surface area contributed by atoms with Crippen molar-refractivity contribution in [3.63, 3.8) is 0 Å². The fourth-order valence-corrected chi connectivity index (χ4v) is 6.92. The number of amides is 1. The number of sulfone groups is 1. The number of rotatable bonds is 7. The third kappa shape index (κ3) is 4.86. The van der Waals surface area contributed by atoms with E-state index in [0.717, 1.165) is 11.1 Å². The summed E-state index contributed by atoms with van der Waals surface area (Å²) in [4.78, 5) is 13.3. The van der Waals surface area contributed by atoms with Gasteiger partial charge < -0.3 is 10.1 Å². The minimum absolute atomic E-state index is 0.0648. The Hall–Kier alpha value is -2.40. The predicted octanol–water partition coefficient (Wildman–Crippen LogP) is 4.69. The van der Waals surface area contributed by atoms with Crippen LogP contribution >= 0.6 is 11.6 Å². The van der Waals surface area contributed by atoms with Crippen molar-refractivity contribution in [3.8, 4) is 6.07 Å². The van der Waals surface area contributed by atoms with Gasteiger partial charge in [0.15, 0.2) is 9.84 Å². The van der Waals surface area contributed by atoms with E-state index < -0.39 is 38.2 Å². The zero-order valence-corrected chi connectivity index (χ0v) is 21.1. The molecule has 0 radical (unpaired) electrons. The summed E-state index contributed by atoms with van der Waals surface area (Å²) in [5.41, 5.74) is 0.473. The van der Waals surface area contributed by atoms with Crippen LogP contribution < -0.4 is 5.32 Å². The van der Waals surface area contributed by atoms with Gasteiger partial charge in [-0.2, -0.15) is 5.26 Å². The molecule has 3 atom stereocenters. The van der Waals surface area contributed by atoms with Crippen molar-refractivity contribution in [2.24, 2.45) is 5.92 Å². The van der Waals surface area contributed by atoms with E-state index in [1.165, 1.54) is 6.07 Å². The third-order valence-electron chi connectivity index (χ3n) is 6.90. The van der Waals surface area contributed by atoms with Crippen molar-refractivity contribution in [2.45, 2.75) is 73.8 Å². The van der Waals surface area contributed by atoms with Gasteiger partial charge in [0.05, 0.1) is 38.9 Å². The normalized spacial score (nSPS) is 23.8. The van der Waals surface area contributed by atoms with Crippen molar-refractivity contribution >= 4 is 27.3 Å². The van der Waals surface area contributed by atoms with E-state index in [1.807, 2.05) is 45.0 Å². The second kappa shape index (κ2) is 8.99. The van der Waals surface area contributed by atoms with Gasteiger partial charge in [-0.1, -0.05) is 53.6 Å². The van der Waals surface area contributed by atoms with Crippen molar-refractivity contribution in [1.82, 2.24) is 5.32 Å². The van der Waals surface area contributed by atoms with Gasteiger partial charge >= 0.3 is 0 Å². The maximum absolute atomic E-state index is 13.5. The molecule has 0 aromatic heterocycles. The molecule has 2 aromatic carbocycles. The van der Waals surface area contributed by atoms with Crippen molar-refractivity contribution in [3.05, 3.63) is 64.7 Å². The summed E-state index contributed by atoms with van der Waals surface area (Å²) >= 11 is 6.21. The average molecular weight is 501 g/mol. The number of hydrogen-bond acceptors (Lipinski definition) is 5. The van der Waals surface area contributed by atoms with Crippen LogP contribution in [0.3, 0.4) is 0 Å². The van der Waals surface area contributed by atoms with E-state index in [9.17, 15) is 18.5 Å². The zero-order chi connectivity index (χ0) is 24.7. The zero-order valence-electron chi connectivity index (χ0n) is 19.5. The van der Waals surface area contributed by atoms with Gasteiger partial charge in [-0.3, -0.25) is 4.79 Å². The largest absolute Gasteiger partial charge is 0.367 e. The number of nitrogens with zero attached hydrogens (tertiary/aromatic N) is 1. The Kier molecular flexibility index (Phi) is 6.54. The number of carbonyl (C=O) groups excluding carboxylic acids is 1. The molecule has 0 spiro atoms. The van der Waals surface area contributed by atoms with Crippen LogP contribution in [0.25, 0.3) is 0 Å². The maximum Gasteiger partial charge on any atom is 0.227 e. The molecule has 0 unspecified atom stereocenters. The molecule has 2 aliphatic rings. The van der Waals surface area contributed by atoms with Gasteiger partial charge in [0.2, 0.25) is 5.91 Å². The number of nitriles is 1. The molecule has 1 amide bonds. The number of ether oxygens (including phenoxy) is 1. The summed E-state index contributed by atoms with van der Waals surface area (Å²) in [6.07, 6.45) is 0.844. The van der Waals surface area contributed by atoms with Gasteiger partial charge in [0.25, 0.3) is 0 Å². The first-order valence-corrected chi connectivity index (χ1v) is 13.4. The smallest absolute Gasteiger partial charge is 0.227 e. The molecule has 4 rings (SSSR count). The van der Waals surface area contributed by atoms with E-state index in [2.05, 4.69) is 11.4 Å². The minimum Gasteiger partial charge on any atom is -0.367 e. The van der Waals surface area contributed by atoms with Crippen LogP contribution in [0.15, 0.2) is 53.4 Å². The number of aryl methyl sites for hydroxylation is 1. The summed E-state index contributed by atoms with van der Waals surface area (Å²) in [5, 5.41) is 11.6. The molecule has 34 heavy (non-hydrogen) atoms. The molecule has 8 heteroatoms. The number of hydrogen-bond donors (Lipinski definition) is 1. The Morgan fingerprint density at radius 1 is 1.15 bits per heavy atom. The summed E-state index contributed by atoms with van der Waals surface area (Å²) in [6, 6.07) is 16.5. The lowest BCUT2D eigenvalue weighted by molar-refractivity contribution is -0.137. The molecule has 6 nitrogen and oxygen atoms in total. The summed E-state index contributed by atoms with van der Waals surface area (Å²) < 4.78 is 33.4. The quantitative estimate of drug-likeness (QED) is 0.594. The Bertz CT molecular complexity index is 1230. The van der Waals surface area contributed by atoms with E-state index in [4.69, 9.17) is 16.3 Å². The Balaban J connectivity index is 1.63. The van der Waals surface area contributed by atoms with Crippen LogP contribution in [-0.4, -0.2) is 31.2 Å². The van der Waals surface area contributed by atoms with Gasteiger partial charge in [-0.15, -0.1) is 0 Å². The second-order valence-electron chi connectivity index (χ2n) is 9.89. The Labute approximate surface area is 206 Å². The van der Waals surface area contributed by atoms with Crippen LogP contribution in [0, 0.1) is 24.2 Å². The van der Waals surface area contributed by atoms with Crippen LogP contribution in [0.2, 0.25) is 5.02 Å². The maximum atomic E-state index is 13.5. The van der Waals surface area contributed by atoms with Crippen LogP contribution in [-0.2, 0) is 25.0 Å².